The van der Waals surface area contributed by atoms with Crippen LogP contribution in [0.1, 0.15) is 50.0 Å². The van der Waals surface area contributed by atoms with Crippen LogP contribution in [0.15, 0.2) is 0 Å². The second-order valence-electron chi connectivity index (χ2n) is 4.73. The minimum atomic E-state index is 0.518. The van der Waals surface area contributed by atoms with E-state index in [0.717, 1.165) is 21.0 Å². The van der Waals surface area contributed by atoms with Crippen molar-refractivity contribution in [3.63, 3.8) is 0 Å². The number of aromatic nitrogens is 2. The van der Waals surface area contributed by atoms with Crippen molar-refractivity contribution in [1.82, 2.24) is 9.97 Å². The van der Waals surface area contributed by atoms with E-state index in [9.17, 15) is 0 Å². The molecule has 2 rings (SSSR count). The van der Waals surface area contributed by atoms with Gasteiger partial charge >= 0.3 is 0 Å². The summed E-state index contributed by atoms with van der Waals surface area (Å²) in [7, 11) is 0. The SMILES string of the molecule is Cc1nc(C2CCC(C)CC2)nc(Cl)c1I. The molecule has 1 aliphatic rings. The summed E-state index contributed by atoms with van der Waals surface area (Å²) < 4.78 is 0.979. The van der Waals surface area contributed by atoms with Crippen LogP contribution in [-0.2, 0) is 0 Å². The first-order valence-corrected chi connectivity index (χ1v) is 7.23. The third-order valence-corrected chi connectivity index (χ3v) is 5.26. The van der Waals surface area contributed by atoms with Crippen molar-refractivity contribution in [1.29, 1.82) is 0 Å². The van der Waals surface area contributed by atoms with Crippen LogP contribution in [0.2, 0.25) is 5.15 Å². The van der Waals surface area contributed by atoms with Gasteiger partial charge in [-0.25, -0.2) is 9.97 Å². The van der Waals surface area contributed by atoms with Gasteiger partial charge in [0.2, 0.25) is 0 Å². The normalized spacial score (nSPS) is 25.8. The summed E-state index contributed by atoms with van der Waals surface area (Å²) in [5.74, 6) is 2.33. The molecule has 1 fully saturated rings. The Kier molecular flexibility index (Phi) is 4.06. The van der Waals surface area contributed by atoms with Gasteiger partial charge in [0, 0.05) is 5.92 Å². The zero-order valence-corrected chi connectivity index (χ0v) is 12.5. The van der Waals surface area contributed by atoms with Gasteiger partial charge in [-0.2, -0.15) is 0 Å². The molecule has 88 valence electrons. The molecule has 1 aromatic heterocycles. The van der Waals surface area contributed by atoms with E-state index in [-0.39, 0.29) is 0 Å². The molecule has 0 aromatic carbocycles. The van der Waals surface area contributed by atoms with Crippen LogP contribution in [0.25, 0.3) is 0 Å². The highest BCUT2D eigenvalue weighted by Gasteiger charge is 2.23. The number of hydrogen-bond donors (Lipinski definition) is 0. The van der Waals surface area contributed by atoms with Gasteiger partial charge in [0.15, 0.2) is 0 Å². The minimum absolute atomic E-state index is 0.518. The Balaban J connectivity index is 2.21. The van der Waals surface area contributed by atoms with Crippen LogP contribution >= 0.6 is 34.2 Å². The zero-order valence-electron chi connectivity index (χ0n) is 9.63. The van der Waals surface area contributed by atoms with Crippen LogP contribution in [0.4, 0.5) is 0 Å². The predicted molar refractivity (Wildman–Crippen MR) is 74.9 cm³/mol. The lowest BCUT2D eigenvalue weighted by molar-refractivity contribution is 0.339. The van der Waals surface area contributed by atoms with Crippen LogP contribution in [0.3, 0.4) is 0 Å². The monoisotopic (exact) mass is 350 g/mol. The largest absolute Gasteiger partial charge is 0.237 e. The Labute approximate surface area is 115 Å². The first-order chi connectivity index (χ1) is 7.58. The fraction of sp³-hybridized carbons (Fsp3) is 0.667. The highest BCUT2D eigenvalue weighted by molar-refractivity contribution is 14.1. The quantitative estimate of drug-likeness (QED) is 0.556. The lowest BCUT2D eigenvalue weighted by atomic mass is 9.82. The topological polar surface area (TPSA) is 25.8 Å². The van der Waals surface area contributed by atoms with E-state index >= 15 is 0 Å². The molecule has 1 aromatic rings. The van der Waals surface area contributed by atoms with Gasteiger partial charge in [0.25, 0.3) is 0 Å². The van der Waals surface area contributed by atoms with E-state index < -0.39 is 0 Å². The van der Waals surface area contributed by atoms with Gasteiger partial charge in [0.1, 0.15) is 11.0 Å². The minimum Gasteiger partial charge on any atom is -0.237 e. The maximum atomic E-state index is 6.11. The van der Waals surface area contributed by atoms with Gasteiger partial charge in [-0.3, -0.25) is 0 Å². The summed E-state index contributed by atoms with van der Waals surface area (Å²) in [5.41, 5.74) is 1.01. The van der Waals surface area contributed by atoms with Crippen LogP contribution in [-0.4, -0.2) is 9.97 Å². The molecule has 0 saturated heterocycles. The number of hydrogen-bond acceptors (Lipinski definition) is 2. The van der Waals surface area contributed by atoms with Crippen molar-refractivity contribution in [2.75, 3.05) is 0 Å². The summed E-state index contributed by atoms with van der Waals surface area (Å²) in [6, 6.07) is 0. The first-order valence-electron chi connectivity index (χ1n) is 5.77. The Morgan fingerprint density at radius 1 is 1.19 bits per heavy atom. The maximum absolute atomic E-state index is 6.11. The fourth-order valence-corrected chi connectivity index (χ4v) is 2.71. The average molecular weight is 351 g/mol. The van der Waals surface area contributed by atoms with Crippen molar-refractivity contribution < 1.29 is 0 Å². The van der Waals surface area contributed by atoms with Gasteiger partial charge in [0.05, 0.1) is 9.26 Å². The molecule has 2 nitrogen and oxygen atoms in total. The molecular weight excluding hydrogens is 335 g/mol. The van der Waals surface area contributed by atoms with E-state index in [1.165, 1.54) is 25.7 Å². The molecule has 1 saturated carbocycles. The van der Waals surface area contributed by atoms with Crippen LogP contribution in [0, 0.1) is 16.4 Å². The summed E-state index contributed by atoms with van der Waals surface area (Å²) >= 11 is 8.31. The predicted octanol–water partition coefficient (Wildman–Crippen LogP) is 4.34. The average Bonchev–Trinajstić information content (AvgIpc) is 2.26. The van der Waals surface area contributed by atoms with Gasteiger partial charge in [-0.15, -0.1) is 0 Å². The second-order valence-corrected chi connectivity index (χ2v) is 6.17. The standard InChI is InChI=1S/C12H16ClIN2/c1-7-3-5-9(6-4-7)12-15-8(2)10(14)11(13)16-12/h7,9H,3-6H2,1-2H3. The Bertz CT molecular complexity index is 364. The van der Waals surface area contributed by atoms with Gasteiger partial charge < -0.3 is 0 Å². The van der Waals surface area contributed by atoms with Crippen molar-refractivity contribution >= 4 is 34.2 Å². The van der Waals surface area contributed by atoms with E-state index in [1.807, 2.05) is 6.92 Å². The van der Waals surface area contributed by atoms with Crippen LogP contribution < -0.4 is 0 Å². The maximum Gasteiger partial charge on any atom is 0.146 e. The number of rotatable bonds is 1. The summed E-state index contributed by atoms with van der Waals surface area (Å²) in [6.07, 6.45) is 4.99. The lowest BCUT2D eigenvalue weighted by Gasteiger charge is -2.25. The molecule has 0 atom stereocenters. The van der Waals surface area contributed by atoms with Gasteiger partial charge in [-0.1, -0.05) is 31.4 Å². The molecule has 1 aliphatic carbocycles. The Morgan fingerprint density at radius 2 is 1.81 bits per heavy atom. The summed E-state index contributed by atoms with van der Waals surface area (Å²) in [4.78, 5) is 9.01. The van der Waals surface area contributed by atoms with E-state index in [0.29, 0.717) is 11.1 Å². The fourth-order valence-electron chi connectivity index (χ4n) is 2.25. The molecule has 0 amide bonds. The Morgan fingerprint density at radius 3 is 2.38 bits per heavy atom. The molecule has 0 spiro atoms. The smallest absolute Gasteiger partial charge is 0.146 e. The van der Waals surface area contributed by atoms with E-state index in [2.05, 4.69) is 39.5 Å². The van der Waals surface area contributed by atoms with Crippen molar-refractivity contribution in [2.45, 2.75) is 45.4 Å². The third-order valence-electron chi connectivity index (χ3n) is 3.37. The van der Waals surface area contributed by atoms with Gasteiger partial charge in [-0.05, 0) is 48.3 Å². The molecular formula is C12H16ClIN2. The molecule has 0 radical (unpaired) electrons. The highest BCUT2D eigenvalue weighted by atomic mass is 127. The summed E-state index contributed by atoms with van der Waals surface area (Å²) in [5, 5.41) is 0.613. The second kappa shape index (κ2) is 5.17. The van der Waals surface area contributed by atoms with Crippen molar-refractivity contribution in [3.8, 4) is 0 Å². The number of halogens is 2. The molecule has 0 N–H and O–H groups in total. The van der Waals surface area contributed by atoms with Crippen molar-refractivity contribution in [3.05, 3.63) is 20.2 Å². The number of nitrogens with zero attached hydrogens (tertiary/aromatic N) is 2. The van der Waals surface area contributed by atoms with E-state index in [4.69, 9.17) is 11.6 Å². The molecule has 0 aliphatic heterocycles. The molecule has 0 bridgehead atoms. The zero-order chi connectivity index (χ0) is 11.7. The summed E-state index contributed by atoms with van der Waals surface area (Å²) in [6.45, 7) is 4.33. The first kappa shape index (κ1) is 12.6. The van der Waals surface area contributed by atoms with Crippen LogP contribution in [0.5, 0.6) is 0 Å². The lowest BCUT2D eigenvalue weighted by Crippen LogP contribution is -2.14. The molecule has 4 heteroatoms. The molecule has 1 heterocycles. The Hall–Kier alpha value is 0.100. The van der Waals surface area contributed by atoms with Crippen molar-refractivity contribution in [2.24, 2.45) is 5.92 Å². The number of aryl methyl sites for hydroxylation is 1. The molecule has 16 heavy (non-hydrogen) atoms. The third kappa shape index (κ3) is 2.67. The van der Waals surface area contributed by atoms with E-state index in [1.54, 1.807) is 0 Å². The highest BCUT2D eigenvalue weighted by Crippen LogP contribution is 2.34. The molecule has 0 unspecified atom stereocenters.